The van der Waals surface area contributed by atoms with Gasteiger partial charge in [-0.05, 0) is 46.5 Å². The molecule has 0 saturated carbocycles. The van der Waals surface area contributed by atoms with Gasteiger partial charge in [0.1, 0.15) is 0 Å². The average molecular weight is 342 g/mol. The Morgan fingerprint density at radius 2 is 2.05 bits per heavy atom. The molecule has 1 aromatic carbocycles. The Morgan fingerprint density at radius 3 is 2.50 bits per heavy atom. The van der Waals surface area contributed by atoms with Crippen molar-refractivity contribution < 1.29 is 14.6 Å². The highest BCUT2D eigenvalue weighted by molar-refractivity contribution is 9.10. The molecule has 1 rings (SSSR count). The SMILES string of the molecule is CCOc1cc(C(C#N)C(O)C(C)C)cc(Br)c1OC. The summed E-state index contributed by atoms with van der Waals surface area (Å²) in [5.41, 5.74) is 0.713. The molecule has 20 heavy (non-hydrogen) atoms. The molecule has 110 valence electrons. The third-order valence-electron chi connectivity index (χ3n) is 3.06. The Balaban J connectivity index is 3.28. The molecule has 0 aliphatic carbocycles. The van der Waals surface area contributed by atoms with Gasteiger partial charge in [0.2, 0.25) is 0 Å². The summed E-state index contributed by atoms with van der Waals surface area (Å²) >= 11 is 3.42. The highest BCUT2D eigenvalue weighted by Crippen LogP contribution is 2.39. The lowest BCUT2D eigenvalue weighted by Gasteiger charge is -2.22. The second kappa shape index (κ2) is 7.51. The van der Waals surface area contributed by atoms with Crippen molar-refractivity contribution >= 4 is 15.9 Å². The Bertz CT molecular complexity index is 497. The second-order valence-corrected chi connectivity index (χ2v) is 5.66. The van der Waals surface area contributed by atoms with E-state index in [-0.39, 0.29) is 5.92 Å². The summed E-state index contributed by atoms with van der Waals surface area (Å²) in [4.78, 5) is 0. The number of hydrogen-bond donors (Lipinski definition) is 1. The zero-order chi connectivity index (χ0) is 15.3. The van der Waals surface area contributed by atoms with Gasteiger partial charge in [-0.3, -0.25) is 0 Å². The van der Waals surface area contributed by atoms with E-state index in [1.807, 2.05) is 20.8 Å². The van der Waals surface area contributed by atoms with Crippen LogP contribution in [-0.2, 0) is 0 Å². The fourth-order valence-electron chi connectivity index (χ4n) is 1.96. The van der Waals surface area contributed by atoms with Gasteiger partial charge in [0.25, 0.3) is 0 Å². The quantitative estimate of drug-likeness (QED) is 0.860. The predicted octanol–water partition coefficient (Wildman–Crippen LogP) is 3.48. The van der Waals surface area contributed by atoms with Gasteiger partial charge >= 0.3 is 0 Å². The maximum Gasteiger partial charge on any atom is 0.174 e. The fourth-order valence-corrected chi connectivity index (χ4v) is 2.58. The van der Waals surface area contributed by atoms with E-state index in [1.165, 1.54) is 0 Å². The van der Waals surface area contributed by atoms with Crippen molar-refractivity contribution in [3.63, 3.8) is 0 Å². The Labute approximate surface area is 128 Å². The molecule has 0 aliphatic rings. The molecular formula is C15H20BrNO3. The molecule has 0 amide bonds. The first kappa shape index (κ1) is 16.8. The van der Waals surface area contributed by atoms with Crippen molar-refractivity contribution in [3.8, 4) is 17.6 Å². The van der Waals surface area contributed by atoms with E-state index >= 15 is 0 Å². The summed E-state index contributed by atoms with van der Waals surface area (Å²) in [7, 11) is 1.56. The first-order valence-corrected chi connectivity index (χ1v) is 7.33. The molecule has 0 radical (unpaired) electrons. The van der Waals surface area contributed by atoms with E-state index in [1.54, 1.807) is 19.2 Å². The number of hydrogen-bond acceptors (Lipinski definition) is 4. The lowest BCUT2D eigenvalue weighted by molar-refractivity contribution is 0.113. The van der Waals surface area contributed by atoms with Crippen LogP contribution in [0.3, 0.4) is 0 Å². The first-order valence-electron chi connectivity index (χ1n) is 6.54. The molecule has 1 aromatic rings. The Kier molecular flexibility index (Phi) is 6.31. The van der Waals surface area contributed by atoms with E-state index in [2.05, 4.69) is 22.0 Å². The van der Waals surface area contributed by atoms with E-state index < -0.39 is 12.0 Å². The van der Waals surface area contributed by atoms with Crippen LogP contribution in [0.2, 0.25) is 0 Å². The van der Waals surface area contributed by atoms with Crippen LogP contribution in [0.1, 0.15) is 32.3 Å². The Morgan fingerprint density at radius 1 is 1.40 bits per heavy atom. The third kappa shape index (κ3) is 3.65. The summed E-state index contributed by atoms with van der Waals surface area (Å²) in [5, 5.41) is 19.5. The molecule has 0 aliphatic heterocycles. The van der Waals surface area contributed by atoms with Crippen LogP contribution in [0.25, 0.3) is 0 Å². The van der Waals surface area contributed by atoms with Gasteiger partial charge in [0.15, 0.2) is 11.5 Å². The number of aliphatic hydroxyl groups is 1. The Hall–Kier alpha value is -1.25. The molecule has 0 heterocycles. The predicted molar refractivity (Wildman–Crippen MR) is 81.1 cm³/mol. The third-order valence-corrected chi connectivity index (χ3v) is 3.65. The molecule has 0 aromatic heterocycles. The number of halogens is 1. The molecule has 0 spiro atoms. The molecule has 0 saturated heterocycles. The smallest absolute Gasteiger partial charge is 0.174 e. The molecular weight excluding hydrogens is 322 g/mol. The van der Waals surface area contributed by atoms with E-state index in [4.69, 9.17) is 9.47 Å². The van der Waals surface area contributed by atoms with Crippen molar-refractivity contribution in [1.82, 2.24) is 0 Å². The maximum atomic E-state index is 10.2. The van der Waals surface area contributed by atoms with Crippen molar-refractivity contribution in [2.75, 3.05) is 13.7 Å². The van der Waals surface area contributed by atoms with Gasteiger partial charge in [-0.15, -0.1) is 0 Å². The van der Waals surface area contributed by atoms with Crippen molar-refractivity contribution in [3.05, 3.63) is 22.2 Å². The minimum Gasteiger partial charge on any atom is -0.492 e. The summed E-state index contributed by atoms with van der Waals surface area (Å²) in [6.07, 6.45) is -0.727. The van der Waals surface area contributed by atoms with E-state index in [0.717, 1.165) is 0 Å². The summed E-state index contributed by atoms with van der Waals surface area (Å²) in [6, 6.07) is 5.72. The van der Waals surface area contributed by atoms with Crippen molar-refractivity contribution in [2.24, 2.45) is 5.92 Å². The maximum absolute atomic E-state index is 10.2. The molecule has 1 N–H and O–H groups in total. The highest BCUT2D eigenvalue weighted by atomic mass is 79.9. The molecule has 2 unspecified atom stereocenters. The molecule has 4 nitrogen and oxygen atoms in total. The van der Waals surface area contributed by atoms with Gasteiger partial charge in [-0.1, -0.05) is 13.8 Å². The number of methoxy groups -OCH3 is 1. The second-order valence-electron chi connectivity index (χ2n) is 4.81. The number of benzene rings is 1. The van der Waals surface area contributed by atoms with Crippen LogP contribution in [-0.4, -0.2) is 24.9 Å². The lowest BCUT2D eigenvalue weighted by Crippen LogP contribution is -2.23. The van der Waals surface area contributed by atoms with Gasteiger partial charge in [0, 0.05) is 0 Å². The standard InChI is InChI=1S/C15H20BrNO3/c1-5-20-13-7-10(6-12(16)15(13)19-4)11(8-17)14(18)9(2)3/h6-7,9,11,14,18H,5H2,1-4H3. The van der Waals surface area contributed by atoms with Crippen molar-refractivity contribution in [2.45, 2.75) is 32.8 Å². The van der Waals surface area contributed by atoms with Crippen LogP contribution in [0.5, 0.6) is 11.5 Å². The number of nitrogens with zero attached hydrogens (tertiary/aromatic N) is 1. The van der Waals surface area contributed by atoms with Gasteiger partial charge in [-0.25, -0.2) is 0 Å². The minimum atomic E-state index is -0.727. The topological polar surface area (TPSA) is 62.5 Å². The number of aliphatic hydroxyl groups excluding tert-OH is 1. The summed E-state index contributed by atoms with van der Waals surface area (Å²) in [6.45, 7) is 6.15. The average Bonchev–Trinajstić information content (AvgIpc) is 2.39. The number of rotatable bonds is 6. The van der Waals surface area contributed by atoms with Crippen LogP contribution in [0.15, 0.2) is 16.6 Å². The summed E-state index contributed by atoms with van der Waals surface area (Å²) in [5.74, 6) is 0.550. The zero-order valence-corrected chi connectivity index (χ0v) is 13.8. The minimum absolute atomic E-state index is 0.00364. The normalized spacial score (nSPS) is 13.7. The molecule has 0 fully saturated rings. The van der Waals surface area contributed by atoms with Crippen LogP contribution < -0.4 is 9.47 Å². The zero-order valence-electron chi connectivity index (χ0n) is 12.2. The molecule has 2 atom stereocenters. The lowest BCUT2D eigenvalue weighted by atomic mass is 9.88. The fraction of sp³-hybridized carbons (Fsp3) is 0.533. The van der Waals surface area contributed by atoms with Crippen LogP contribution in [0.4, 0.5) is 0 Å². The largest absolute Gasteiger partial charge is 0.492 e. The highest BCUT2D eigenvalue weighted by Gasteiger charge is 2.26. The van der Waals surface area contributed by atoms with Gasteiger partial charge in [0.05, 0.1) is 36.3 Å². The molecule has 5 heteroatoms. The van der Waals surface area contributed by atoms with E-state index in [9.17, 15) is 10.4 Å². The molecule has 0 bridgehead atoms. The van der Waals surface area contributed by atoms with E-state index in [0.29, 0.717) is 28.1 Å². The van der Waals surface area contributed by atoms with Gasteiger partial charge in [-0.2, -0.15) is 5.26 Å². The van der Waals surface area contributed by atoms with Crippen LogP contribution in [0, 0.1) is 17.2 Å². The summed E-state index contributed by atoms with van der Waals surface area (Å²) < 4.78 is 11.5. The number of ether oxygens (including phenoxy) is 2. The first-order chi connectivity index (χ1) is 9.46. The van der Waals surface area contributed by atoms with Crippen molar-refractivity contribution in [1.29, 1.82) is 5.26 Å². The monoisotopic (exact) mass is 341 g/mol. The number of nitriles is 1. The van der Waals surface area contributed by atoms with Gasteiger partial charge < -0.3 is 14.6 Å². The van der Waals surface area contributed by atoms with Crippen LogP contribution >= 0.6 is 15.9 Å².